The van der Waals surface area contributed by atoms with Gasteiger partial charge in [-0.15, -0.1) is 0 Å². The van der Waals surface area contributed by atoms with Crippen molar-refractivity contribution in [1.82, 2.24) is 10.2 Å². The number of phenols is 1. The van der Waals surface area contributed by atoms with Crippen LogP contribution >= 0.6 is 0 Å². The van der Waals surface area contributed by atoms with Crippen LogP contribution in [0.3, 0.4) is 0 Å². The van der Waals surface area contributed by atoms with Crippen molar-refractivity contribution in [1.29, 1.82) is 0 Å². The van der Waals surface area contributed by atoms with Crippen LogP contribution in [0, 0.1) is 0 Å². The second-order valence-electron chi connectivity index (χ2n) is 5.06. The molecule has 1 heterocycles. The van der Waals surface area contributed by atoms with Crippen molar-refractivity contribution in [2.75, 3.05) is 13.7 Å². The van der Waals surface area contributed by atoms with Gasteiger partial charge in [-0.25, -0.2) is 4.79 Å². The number of amides is 4. The summed E-state index contributed by atoms with van der Waals surface area (Å²) >= 11 is 0. The van der Waals surface area contributed by atoms with Gasteiger partial charge in [-0.1, -0.05) is 19.4 Å². The fourth-order valence-corrected chi connectivity index (χ4v) is 2.16. The molecule has 1 aliphatic rings. The molecule has 0 radical (unpaired) electrons. The Morgan fingerprint density at radius 3 is 2.70 bits per heavy atom. The quantitative estimate of drug-likeness (QED) is 0.636. The predicted molar refractivity (Wildman–Crippen MR) is 82.8 cm³/mol. The van der Waals surface area contributed by atoms with Crippen molar-refractivity contribution < 1.29 is 24.2 Å². The zero-order valence-corrected chi connectivity index (χ0v) is 13.0. The highest BCUT2D eigenvalue weighted by atomic mass is 16.5. The molecule has 1 aliphatic heterocycles. The van der Waals surface area contributed by atoms with Gasteiger partial charge in [0.2, 0.25) is 0 Å². The van der Waals surface area contributed by atoms with Gasteiger partial charge in [-0.2, -0.15) is 0 Å². The number of barbiturate groups is 1. The Balaban J connectivity index is 2.34. The number of ether oxygens (including phenoxy) is 1. The lowest BCUT2D eigenvalue weighted by molar-refractivity contribution is -0.130. The number of hydrogen-bond acceptors (Lipinski definition) is 5. The standard InChI is InChI=1S/C16H18N2O5/c1-3-4-7-18-15(21)11(14(20)17-16(18)22)8-10-5-6-12(19)13(9-10)23-2/h5-6,8-9,19H,3-4,7H2,1-2H3,(H,17,20,22)/b11-8+. The van der Waals surface area contributed by atoms with Gasteiger partial charge in [0.25, 0.3) is 11.8 Å². The molecule has 7 nitrogen and oxygen atoms in total. The summed E-state index contributed by atoms with van der Waals surface area (Å²) in [5.74, 6) is -1.19. The van der Waals surface area contributed by atoms with Crippen LogP contribution in [0.4, 0.5) is 4.79 Å². The predicted octanol–water partition coefficient (Wildman–Crippen LogP) is 1.66. The molecule has 1 saturated heterocycles. The second-order valence-corrected chi connectivity index (χ2v) is 5.06. The van der Waals surface area contributed by atoms with E-state index in [0.717, 1.165) is 11.3 Å². The molecule has 2 rings (SSSR count). The van der Waals surface area contributed by atoms with E-state index in [0.29, 0.717) is 12.0 Å². The van der Waals surface area contributed by atoms with E-state index in [1.807, 2.05) is 6.92 Å². The van der Waals surface area contributed by atoms with E-state index in [-0.39, 0.29) is 23.6 Å². The first kappa shape index (κ1) is 16.5. The monoisotopic (exact) mass is 318 g/mol. The third-order valence-electron chi connectivity index (χ3n) is 3.44. The molecule has 0 bridgehead atoms. The second kappa shape index (κ2) is 6.95. The summed E-state index contributed by atoms with van der Waals surface area (Å²) in [7, 11) is 1.40. The Hall–Kier alpha value is -2.83. The van der Waals surface area contributed by atoms with E-state index in [2.05, 4.69) is 5.32 Å². The molecule has 2 N–H and O–H groups in total. The number of aromatic hydroxyl groups is 1. The van der Waals surface area contributed by atoms with Crippen molar-refractivity contribution in [3.63, 3.8) is 0 Å². The minimum atomic E-state index is -0.736. The molecule has 1 fully saturated rings. The van der Waals surface area contributed by atoms with Crippen molar-refractivity contribution in [3.05, 3.63) is 29.3 Å². The number of imide groups is 2. The SMILES string of the molecule is CCCCN1C(=O)NC(=O)/C(=C\c2ccc(O)c(OC)c2)C1=O. The molecule has 4 amide bonds. The van der Waals surface area contributed by atoms with Gasteiger partial charge in [0, 0.05) is 6.54 Å². The molecule has 0 saturated carbocycles. The highest BCUT2D eigenvalue weighted by molar-refractivity contribution is 6.31. The Morgan fingerprint density at radius 1 is 1.30 bits per heavy atom. The number of unbranched alkanes of at least 4 members (excludes halogenated alkanes) is 1. The summed E-state index contributed by atoms with van der Waals surface area (Å²) in [6, 6.07) is 3.73. The molecule has 23 heavy (non-hydrogen) atoms. The highest BCUT2D eigenvalue weighted by Gasteiger charge is 2.35. The van der Waals surface area contributed by atoms with E-state index in [1.165, 1.54) is 31.4 Å². The third kappa shape index (κ3) is 3.50. The lowest BCUT2D eigenvalue weighted by Gasteiger charge is -2.26. The van der Waals surface area contributed by atoms with Crippen molar-refractivity contribution in [3.8, 4) is 11.5 Å². The minimum absolute atomic E-state index is 0.0474. The first-order valence-electron chi connectivity index (χ1n) is 7.23. The third-order valence-corrected chi connectivity index (χ3v) is 3.44. The van der Waals surface area contributed by atoms with Crippen LogP contribution in [-0.2, 0) is 9.59 Å². The van der Waals surface area contributed by atoms with E-state index >= 15 is 0 Å². The largest absolute Gasteiger partial charge is 0.504 e. The molecule has 7 heteroatoms. The van der Waals surface area contributed by atoms with Crippen LogP contribution in [0.5, 0.6) is 11.5 Å². The van der Waals surface area contributed by atoms with E-state index < -0.39 is 17.8 Å². The smallest absolute Gasteiger partial charge is 0.331 e. The van der Waals surface area contributed by atoms with Crippen LogP contribution in [0.15, 0.2) is 23.8 Å². The van der Waals surface area contributed by atoms with E-state index in [1.54, 1.807) is 0 Å². The molecule has 0 aromatic heterocycles. The molecular weight excluding hydrogens is 300 g/mol. The summed E-state index contributed by atoms with van der Waals surface area (Å²) in [5, 5.41) is 11.7. The minimum Gasteiger partial charge on any atom is -0.504 e. The van der Waals surface area contributed by atoms with E-state index in [4.69, 9.17) is 4.74 Å². The van der Waals surface area contributed by atoms with Gasteiger partial charge in [0.05, 0.1) is 7.11 Å². The first-order valence-corrected chi connectivity index (χ1v) is 7.23. The normalized spacial score (nSPS) is 16.7. The van der Waals surface area contributed by atoms with Crippen molar-refractivity contribution >= 4 is 23.9 Å². The van der Waals surface area contributed by atoms with Gasteiger partial charge in [0.1, 0.15) is 5.57 Å². The molecule has 0 spiro atoms. The average Bonchev–Trinajstić information content (AvgIpc) is 2.52. The molecule has 0 aliphatic carbocycles. The van der Waals surface area contributed by atoms with Gasteiger partial charge >= 0.3 is 6.03 Å². The van der Waals surface area contributed by atoms with Gasteiger partial charge in [0.15, 0.2) is 11.5 Å². The van der Waals surface area contributed by atoms with Crippen LogP contribution in [0.25, 0.3) is 6.08 Å². The molecule has 1 aromatic carbocycles. The lowest BCUT2D eigenvalue weighted by Crippen LogP contribution is -2.54. The summed E-state index contributed by atoms with van der Waals surface area (Å²) in [4.78, 5) is 37.1. The molecule has 0 atom stereocenters. The highest BCUT2D eigenvalue weighted by Crippen LogP contribution is 2.27. The van der Waals surface area contributed by atoms with Crippen LogP contribution < -0.4 is 10.1 Å². The fraction of sp³-hybridized carbons (Fsp3) is 0.312. The average molecular weight is 318 g/mol. The Morgan fingerprint density at radius 2 is 2.04 bits per heavy atom. The molecule has 122 valence electrons. The van der Waals surface area contributed by atoms with Crippen molar-refractivity contribution in [2.24, 2.45) is 0 Å². The van der Waals surface area contributed by atoms with E-state index in [9.17, 15) is 19.5 Å². The summed E-state index contributed by atoms with van der Waals surface area (Å²) in [6.45, 7) is 2.20. The Bertz CT molecular complexity index is 681. The van der Waals surface area contributed by atoms with Crippen LogP contribution in [0.2, 0.25) is 0 Å². The number of urea groups is 1. The lowest BCUT2D eigenvalue weighted by atomic mass is 10.1. The zero-order chi connectivity index (χ0) is 17.0. The zero-order valence-electron chi connectivity index (χ0n) is 13.0. The first-order chi connectivity index (χ1) is 11.0. The molecule has 0 unspecified atom stereocenters. The summed E-state index contributed by atoms with van der Waals surface area (Å²) < 4.78 is 4.99. The molecular formula is C16H18N2O5. The maximum absolute atomic E-state index is 12.4. The fourth-order valence-electron chi connectivity index (χ4n) is 2.16. The number of nitrogens with zero attached hydrogens (tertiary/aromatic N) is 1. The number of benzene rings is 1. The number of carbonyl (C=O) groups is 3. The summed E-state index contributed by atoms with van der Waals surface area (Å²) in [6.07, 6.45) is 2.85. The van der Waals surface area contributed by atoms with Gasteiger partial charge in [-0.05, 0) is 30.2 Å². The molecule has 1 aromatic rings. The van der Waals surface area contributed by atoms with Crippen LogP contribution in [-0.4, -0.2) is 41.5 Å². The number of rotatable bonds is 5. The number of methoxy groups -OCH3 is 1. The Labute approximate surface area is 133 Å². The maximum Gasteiger partial charge on any atom is 0.331 e. The topological polar surface area (TPSA) is 95.9 Å². The Kier molecular flexibility index (Phi) is 5.00. The number of carbonyl (C=O) groups excluding carboxylic acids is 3. The number of nitrogens with one attached hydrogen (secondary N) is 1. The number of phenolic OH excluding ortho intramolecular Hbond substituents is 1. The van der Waals surface area contributed by atoms with Gasteiger partial charge < -0.3 is 9.84 Å². The van der Waals surface area contributed by atoms with Crippen molar-refractivity contribution in [2.45, 2.75) is 19.8 Å². The van der Waals surface area contributed by atoms with Gasteiger partial charge in [-0.3, -0.25) is 19.8 Å². The number of hydrogen-bond donors (Lipinski definition) is 2. The van der Waals surface area contributed by atoms with Crippen LogP contribution in [0.1, 0.15) is 25.3 Å². The maximum atomic E-state index is 12.4. The summed E-state index contributed by atoms with van der Waals surface area (Å²) in [5.41, 5.74) is 0.372.